The average molecular weight is 503 g/mol. The summed E-state index contributed by atoms with van der Waals surface area (Å²) < 4.78 is 9.45. The second-order valence-corrected chi connectivity index (χ2v) is 11.3. The molecule has 0 spiro atoms. The van der Waals surface area contributed by atoms with Gasteiger partial charge in [0.05, 0.1) is 17.7 Å². The lowest BCUT2D eigenvalue weighted by Gasteiger charge is -2.31. The number of likely N-dealkylation sites (tertiary alicyclic amines) is 1. The van der Waals surface area contributed by atoms with Crippen molar-refractivity contribution in [3.63, 3.8) is 0 Å². The van der Waals surface area contributed by atoms with Crippen LogP contribution in [0.1, 0.15) is 41.6 Å². The molecule has 2 aliphatic rings. The third-order valence-corrected chi connectivity index (χ3v) is 8.84. The fourth-order valence-electron chi connectivity index (χ4n) is 5.66. The van der Waals surface area contributed by atoms with E-state index in [4.69, 9.17) is 16.2 Å². The molecule has 2 aromatic carbocycles. The first-order valence-electron chi connectivity index (χ1n) is 13.0. The van der Waals surface area contributed by atoms with Gasteiger partial charge >= 0.3 is 0 Å². The minimum Gasteiger partial charge on any atom is -0.496 e. The Balaban J connectivity index is 1.51. The maximum Gasteiger partial charge on any atom is 0.254 e. The molecule has 6 rings (SSSR count). The number of amides is 1. The zero-order chi connectivity index (χ0) is 24.8. The van der Waals surface area contributed by atoms with E-state index in [1.165, 1.54) is 39.9 Å². The number of piperidine rings is 1. The number of carbonyl (C=O) groups is 1. The number of fused-ring (bicyclic) bond motifs is 2. The zero-order valence-electron chi connectivity index (χ0n) is 20.8. The summed E-state index contributed by atoms with van der Waals surface area (Å²) in [6.07, 6.45) is 5.27. The van der Waals surface area contributed by atoms with E-state index in [0.717, 1.165) is 54.1 Å². The van der Waals surface area contributed by atoms with Crippen molar-refractivity contribution >= 4 is 38.2 Å². The van der Waals surface area contributed by atoms with Crippen LogP contribution >= 0.6 is 11.3 Å². The highest BCUT2D eigenvalue weighted by molar-refractivity contribution is 7.22. The number of benzene rings is 2. The fraction of sp³-hybridized carbons (Fsp3) is 0.414. The van der Waals surface area contributed by atoms with Crippen LogP contribution in [-0.2, 0) is 13.0 Å². The highest BCUT2D eigenvalue weighted by atomic mass is 32.1. The van der Waals surface area contributed by atoms with E-state index in [1.807, 2.05) is 17.0 Å². The Labute approximate surface area is 215 Å². The molecule has 7 heteroatoms. The Morgan fingerprint density at radius 2 is 2.00 bits per heavy atom. The zero-order valence-corrected chi connectivity index (χ0v) is 21.7. The van der Waals surface area contributed by atoms with Crippen molar-refractivity contribution < 1.29 is 9.53 Å². The summed E-state index contributed by atoms with van der Waals surface area (Å²) in [5, 5.41) is 2.34. The van der Waals surface area contributed by atoms with E-state index in [-0.39, 0.29) is 11.9 Å². The van der Waals surface area contributed by atoms with Gasteiger partial charge < -0.3 is 25.7 Å². The van der Waals surface area contributed by atoms with E-state index < -0.39 is 0 Å². The number of hydrogen-bond donors (Lipinski definition) is 2. The van der Waals surface area contributed by atoms with Gasteiger partial charge in [-0.1, -0.05) is 18.2 Å². The first-order valence-corrected chi connectivity index (χ1v) is 13.9. The Bertz CT molecular complexity index is 1430. The van der Waals surface area contributed by atoms with Crippen LogP contribution in [0.25, 0.3) is 31.6 Å². The number of carbonyl (C=O) groups excluding carboxylic acids is 1. The maximum absolute atomic E-state index is 13.4. The quantitative estimate of drug-likeness (QED) is 0.372. The topological polar surface area (TPSA) is 86.5 Å². The van der Waals surface area contributed by atoms with Crippen molar-refractivity contribution in [2.45, 2.75) is 44.7 Å². The molecule has 188 valence electrons. The molecule has 0 bridgehead atoms. The molecular formula is C29H34N4O2S. The number of hydrogen-bond acceptors (Lipinski definition) is 5. The Hall–Kier alpha value is -2.87. The van der Waals surface area contributed by atoms with Crippen LogP contribution in [0.15, 0.2) is 42.5 Å². The van der Waals surface area contributed by atoms with Crippen LogP contribution in [0, 0.1) is 5.92 Å². The summed E-state index contributed by atoms with van der Waals surface area (Å²) in [4.78, 5) is 16.6. The van der Waals surface area contributed by atoms with Gasteiger partial charge in [-0.2, -0.15) is 0 Å². The molecule has 6 nitrogen and oxygen atoms in total. The number of methoxy groups -OCH3 is 1. The van der Waals surface area contributed by atoms with Crippen molar-refractivity contribution in [3.8, 4) is 16.3 Å². The molecule has 4 aromatic rings. The Kier molecular flexibility index (Phi) is 6.23. The second-order valence-electron chi connectivity index (χ2n) is 10.3. The summed E-state index contributed by atoms with van der Waals surface area (Å²) in [7, 11) is 1.69. The highest BCUT2D eigenvalue weighted by Gasteiger charge is 2.28. The lowest BCUT2D eigenvalue weighted by Crippen LogP contribution is -2.45. The number of nitrogens with zero attached hydrogens (tertiary/aromatic N) is 2. The predicted octanol–water partition coefficient (Wildman–Crippen LogP) is 5.01. The van der Waals surface area contributed by atoms with Gasteiger partial charge in [0.25, 0.3) is 5.91 Å². The monoisotopic (exact) mass is 502 g/mol. The van der Waals surface area contributed by atoms with Crippen LogP contribution in [0.4, 0.5) is 0 Å². The highest BCUT2D eigenvalue weighted by Crippen LogP contribution is 2.46. The Morgan fingerprint density at radius 1 is 1.17 bits per heavy atom. The normalized spacial score (nSPS) is 18.3. The van der Waals surface area contributed by atoms with Gasteiger partial charge in [-0.3, -0.25) is 4.79 Å². The van der Waals surface area contributed by atoms with Gasteiger partial charge in [0.15, 0.2) is 0 Å². The molecular weight excluding hydrogens is 468 g/mol. The van der Waals surface area contributed by atoms with Crippen LogP contribution in [0.3, 0.4) is 0 Å². The summed E-state index contributed by atoms with van der Waals surface area (Å²) in [5.74, 6) is 1.53. The molecule has 4 N–H and O–H groups in total. The average Bonchev–Trinajstić information content (AvgIpc) is 3.54. The van der Waals surface area contributed by atoms with E-state index >= 15 is 0 Å². The van der Waals surface area contributed by atoms with Gasteiger partial charge in [-0.15, -0.1) is 11.3 Å². The Morgan fingerprint density at radius 3 is 2.75 bits per heavy atom. The molecule has 1 saturated heterocycles. The van der Waals surface area contributed by atoms with Crippen LogP contribution in [0.5, 0.6) is 5.75 Å². The van der Waals surface area contributed by atoms with E-state index in [0.29, 0.717) is 18.7 Å². The second kappa shape index (κ2) is 9.54. The van der Waals surface area contributed by atoms with E-state index in [9.17, 15) is 4.79 Å². The standard InChI is InChI=1S/C29H34N4O2S/c1-35-25-14-20(29(34)32-12-4-6-21(31)17-32)15-26-27(25)22(10-11-30)28(36-26)24-13-19-5-2-3-7-23(19)33(24)16-18-8-9-18/h2-3,5,7,13-15,18,21H,4,6,8-12,16-17,30-31H2,1H3/t21-/m1/s1. The smallest absolute Gasteiger partial charge is 0.254 e. The number of rotatable bonds is 7. The maximum atomic E-state index is 13.4. The third kappa shape index (κ3) is 4.19. The van der Waals surface area contributed by atoms with Crippen LogP contribution < -0.4 is 16.2 Å². The van der Waals surface area contributed by atoms with Crippen molar-refractivity contribution in [2.75, 3.05) is 26.7 Å². The number of thiophene rings is 1. The fourth-order valence-corrected chi connectivity index (χ4v) is 6.99. The number of para-hydroxylation sites is 1. The van der Waals surface area contributed by atoms with Gasteiger partial charge in [0.1, 0.15) is 5.75 Å². The van der Waals surface area contributed by atoms with Crippen LogP contribution in [-0.4, -0.2) is 48.2 Å². The number of nitrogens with two attached hydrogens (primary N) is 2. The minimum absolute atomic E-state index is 0.0310. The van der Waals surface area contributed by atoms with Crippen molar-refractivity contribution in [1.29, 1.82) is 0 Å². The molecule has 36 heavy (non-hydrogen) atoms. The molecule has 0 radical (unpaired) electrons. The van der Waals surface area contributed by atoms with Crippen molar-refractivity contribution in [2.24, 2.45) is 17.4 Å². The molecule has 1 saturated carbocycles. The van der Waals surface area contributed by atoms with E-state index in [1.54, 1.807) is 18.4 Å². The molecule has 1 amide bonds. The van der Waals surface area contributed by atoms with Crippen molar-refractivity contribution in [3.05, 3.63) is 53.6 Å². The number of ether oxygens (including phenoxy) is 1. The molecule has 1 aliphatic heterocycles. The molecule has 1 aliphatic carbocycles. The summed E-state index contributed by atoms with van der Waals surface area (Å²) >= 11 is 1.75. The first-order chi connectivity index (χ1) is 17.6. The lowest BCUT2D eigenvalue weighted by atomic mass is 10.0. The SMILES string of the molecule is COc1cc(C(=O)N2CCC[C@@H](N)C2)cc2sc(-c3cc4ccccc4n3CC3CC3)c(CCN)c12. The first kappa shape index (κ1) is 23.5. The molecule has 1 atom stereocenters. The summed E-state index contributed by atoms with van der Waals surface area (Å²) in [5.41, 5.74) is 16.7. The molecule has 3 heterocycles. The summed E-state index contributed by atoms with van der Waals surface area (Å²) in [6, 6.07) is 14.9. The van der Waals surface area contributed by atoms with Gasteiger partial charge in [0.2, 0.25) is 0 Å². The van der Waals surface area contributed by atoms with Crippen molar-refractivity contribution in [1.82, 2.24) is 9.47 Å². The largest absolute Gasteiger partial charge is 0.496 e. The van der Waals surface area contributed by atoms with E-state index in [2.05, 4.69) is 34.9 Å². The molecule has 2 aromatic heterocycles. The van der Waals surface area contributed by atoms with Gasteiger partial charge in [-0.05, 0) is 74.4 Å². The number of aromatic nitrogens is 1. The lowest BCUT2D eigenvalue weighted by molar-refractivity contribution is 0.0708. The third-order valence-electron chi connectivity index (χ3n) is 7.64. The summed E-state index contributed by atoms with van der Waals surface area (Å²) in [6.45, 7) is 2.95. The molecule has 0 unspecified atom stereocenters. The van der Waals surface area contributed by atoms with Crippen LogP contribution in [0.2, 0.25) is 0 Å². The van der Waals surface area contributed by atoms with Gasteiger partial charge in [-0.25, -0.2) is 0 Å². The minimum atomic E-state index is 0.0310. The van der Waals surface area contributed by atoms with Gasteiger partial charge in [0, 0.05) is 52.2 Å². The predicted molar refractivity (Wildman–Crippen MR) is 148 cm³/mol. The molecule has 2 fully saturated rings.